The number of anilines is 1. The molecule has 9 heteroatoms. The molecule has 0 aliphatic carbocycles. The summed E-state index contributed by atoms with van der Waals surface area (Å²) in [4.78, 5) is 24.8. The van der Waals surface area contributed by atoms with Gasteiger partial charge in [-0.1, -0.05) is 6.92 Å². The number of sulfonamides is 1. The normalized spacial score (nSPS) is 11.6. The van der Waals surface area contributed by atoms with Crippen molar-refractivity contribution >= 4 is 27.5 Å². The van der Waals surface area contributed by atoms with Crippen LogP contribution in [-0.4, -0.2) is 39.9 Å². The number of carbonyl (C=O) groups excluding carboxylic acids is 2. The van der Waals surface area contributed by atoms with Crippen LogP contribution in [0, 0.1) is 0 Å². The highest BCUT2D eigenvalue weighted by atomic mass is 32.2. The van der Waals surface area contributed by atoms with E-state index < -0.39 is 15.9 Å². The highest BCUT2D eigenvalue weighted by Crippen LogP contribution is 2.25. The first-order chi connectivity index (χ1) is 14.0. The number of methoxy groups -OCH3 is 1. The van der Waals surface area contributed by atoms with Crippen LogP contribution in [0.1, 0.15) is 47.9 Å². The van der Waals surface area contributed by atoms with E-state index in [9.17, 15) is 18.0 Å². The van der Waals surface area contributed by atoms with Gasteiger partial charge in [0.25, 0.3) is 11.8 Å². The van der Waals surface area contributed by atoms with Crippen molar-refractivity contribution in [3.8, 4) is 5.75 Å². The Bertz CT molecular complexity index is 1030. The summed E-state index contributed by atoms with van der Waals surface area (Å²) < 4.78 is 31.6. The fourth-order valence-corrected chi connectivity index (χ4v) is 3.43. The SMILES string of the molecule is CCC(C)(C)NC(=O)c1ccc(NC(=O)c2ccc(OC)c(S(=O)(=O)NC)c2)cc1. The molecule has 0 aliphatic rings. The van der Waals surface area contributed by atoms with Crippen LogP contribution in [0.15, 0.2) is 47.4 Å². The zero-order valence-electron chi connectivity index (χ0n) is 17.7. The fourth-order valence-electron chi connectivity index (χ4n) is 2.51. The Labute approximate surface area is 177 Å². The van der Waals surface area contributed by atoms with Crippen LogP contribution in [0.4, 0.5) is 5.69 Å². The van der Waals surface area contributed by atoms with E-state index in [4.69, 9.17) is 4.74 Å². The molecule has 0 heterocycles. The molecule has 0 atom stereocenters. The first kappa shape index (κ1) is 23.4. The molecule has 8 nitrogen and oxygen atoms in total. The second kappa shape index (κ2) is 9.27. The lowest BCUT2D eigenvalue weighted by Gasteiger charge is -2.24. The third-order valence-corrected chi connectivity index (χ3v) is 6.16. The quantitative estimate of drug-likeness (QED) is 0.592. The van der Waals surface area contributed by atoms with Crippen LogP contribution < -0.4 is 20.1 Å². The van der Waals surface area contributed by atoms with Crippen LogP contribution in [0.25, 0.3) is 0 Å². The third-order valence-electron chi connectivity index (χ3n) is 4.72. The van der Waals surface area contributed by atoms with Gasteiger partial charge in [-0.05, 0) is 69.8 Å². The number of rotatable bonds is 8. The molecular formula is C21H27N3O5S. The van der Waals surface area contributed by atoms with Crippen molar-refractivity contribution in [2.24, 2.45) is 0 Å². The fraction of sp³-hybridized carbons (Fsp3) is 0.333. The predicted molar refractivity (Wildman–Crippen MR) is 115 cm³/mol. The molecule has 0 unspecified atom stereocenters. The van der Waals surface area contributed by atoms with Crippen molar-refractivity contribution in [3.05, 3.63) is 53.6 Å². The largest absolute Gasteiger partial charge is 0.495 e. The number of hydrogen-bond acceptors (Lipinski definition) is 5. The van der Waals surface area contributed by atoms with E-state index in [-0.39, 0.29) is 27.7 Å². The van der Waals surface area contributed by atoms with Crippen molar-refractivity contribution in [1.82, 2.24) is 10.0 Å². The van der Waals surface area contributed by atoms with Crippen LogP contribution >= 0.6 is 0 Å². The van der Waals surface area contributed by atoms with Gasteiger partial charge >= 0.3 is 0 Å². The third kappa shape index (κ3) is 5.58. The minimum absolute atomic E-state index is 0.131. The molecule has 0 saturated heterocycles. The molecule has 2 amide bonds. The van der Waals surface area contributed by atoms with Crippen molar-refractivity contribution < 1.29 is 22.7 Å². The standard InChI is InChI=1S/C21H27N3O5S/c1-6-21(2,3)24-20(26)14-7-10-16(11-8-14)23-19(25)15-9-12-17(29-5)18(13-15)30(27,28)22-4/h7-13,22H,6H2,1-5H3,(H,23,25)(H,24,26). The molecule has 162 valence electrons. The molecule has 0 aliphatic heterocycles. The van der Waals surface area contributed by atoms with Crippen molar-refractivity contribution in [1.29, 1.82) is 0 Å². The second-order valence-electron chi connectivity index (χ2n) is 7.30. The maximum atomic E-state index is 12.6. The summed E-state index contributed by atoms with van der Waals surface area (Å²) in [6, 6.07) is 10.6. The number of ether oxygens (including phenoxy) is 1. The molecule has 0 spiro atoms. The number of carbonyl (C=O) groups is 2. The number of amides is 2. The minimum Gasteiger partial charge on any atom is -0.495 e. The number of benzene rings is 2. The van der Waals surface area contributed by atoms with Gasteiger partial charge in [-0.2, -0.15) is 0 Å². The minimum atomic E-state index is -3.80. The van der Waals surface area contributed by atoms with E-state index in [0.29, 0.717) is 11.3 Å². The Morgan fingerprint density at radius 1 is 1.00 bits per heavy atom. The van der Waals surface area contributed by atoms with Gasteiger partial charge < -0.3 is 15.4 Å². The summed E-state index contributed by atoms with van der Waals surface area (Å²) in [5.41, 5.74) is 0.779. The number of nitrogens with one attached hydrogen (secondary N) is 3. The van der Waals surface area contributed by atoms with E-state index in [1.807, 2.05) is 20.8 Å². The predicted octanol–water partition coefficient (Wildman–Crippen LogP) is 2.77. The smallest absolute Gasteiger partial charge is 0.255 e. The molecular weight excluding hydrogens is 406 g/mol. The monoisotopic (exact) mass is 433 g/mol. The molecule has 2 rings (SSSR count). The van der Waals surface area contributed by atoms with E-state index in [1.54, 1.807) is 24.3 Å². The Hall–Kier alpha value is -2.91. The summed E-state index contributed by atoms with van der Waals surface area (Å²) in [5, 5.41) is 5.64. The van der Waals surface area contributed by atoms with Crippen LogP contribution in [0.2, 0.25) is 0 Å². The molecule has 0 radical (unpaired) electrons. The summed E-state index contributed by atoms with van der Waals surface area (Å²) >= 11 is 0. The molecule has 30 heavy (non-hydrogen) atoms. The molecule has 0 fully saturated rings. The highest BCUT2D eigenvalue weighted by Gasteiger charge is 2.21. The van der Waals surface area contributed by atoms with E-state index in [0.717, 1.165) is 6.42 Å². The van der Waals surface area contributed by atoms with Gasteiger partial charge in [0.05, 0.1) is 7.11 Å². The van der Waals surface area contributed by atoms with Crippen LogP contribution in [0.5, 0.6) is 5.75 Å². The van der Waals surface area contributed by atoms with Gasteiger partial charge in [0.1, 0.15) is 10.6 Å². The van der Waals surface area contributed by atoms with Crippen molar-refractivity contribution in [3.63, 3.8) is 0 Å². The summed E-state index contributed by atoms with van der Waals surface area (Å²) in [5.74, 6) is -0.558. The van der Waals surface area contributed by atoms with Crippen LogP contribution in [0.3, 0.4) is 0 Å². The molecule has 2 aromatic rings. The molecule has 0 saturated carbocycles. The molecule has 0 bridgehead atoms. The molecule has 0 aromatic heterocycles. The first-order valence-corrected chi connectivity index (χ1v) is 10.9. The van der Waals surface area contributed by atoms with Gasteiger partial charge in [0, 0.05) is 22.4 Å². The van der Waals surface area contributed by atoms with Gasteiger partial charge in [-0.3, -0.25) is 9.59 Å². The Morgan fingerprint density at radius 2 is 1.60 bits per heavy atom. The van der Waals surface area contributed by atoms with Gasteiger partial charge in [-0.15, -0.1) is 0 Å². The Kier molecular flexibility index (Phi) is 7.22. The van der Waals surface area contributed by atoms with Crippen molar-refractivity contribution in [2.45, 2.75) is 37.6 Å². The van der Waals surface area contributed by atoms with Crippen molar-refractivity contribution in [2.75, 3.05) is 19.5 Å². The molecule has 3 N–H and O–H groups in total. The first-order valence-electron chi connectivity index (χ1n) is 9.38. The topological polar surface area (TPSA) is 114 Å². The lowest BCUT2D eigenvalue weighted by Crippen LogP contribution is -2.42. The maximum Gasteiger partial charge on any atom is 0.255 e. The summed E-state index contributed by atoms with van der Waals surface area (Å²) in [6.07, 6.45) is 0.792. The van der Waals surface area contributed by atoms with E-state index >= 15 is 0 Å². The Balaban J connectivity index is 2.19. The van der Waals surface area contributed by atoms with E-state index in [1.165, 1.54) is 32.4 Å². The van der Waals surface area contributed by atoms with Gasteiger partial charge in [-0.25, -0.2) is 13.1 Å². The van der Waals surface area contributed by atoms with Crippen LogP contribution in [-0.2, 0) is 10.0 Å². The zero-order chi connectivity index (χ0) is 22.5. The summed E-state index contributed by atoms with van der Waals surface area (Å²) in [7, 11) is -1.17. The second-order valence-corrected chi connectivity index (χ2v) is 9.15. The highest BCUT2D eigenvalue weighted by molar-refractivity contribution is 7.89. The Morgan fingerprint density at radius 3 is 2.13 bits per heavy atom. The van der Waals surface area contributed by atoms with Gasteiger partial charge in [0.15, 0.2) is 0 Å². The maximum absolute atomic E-state index is 12.6. The molecule has 2 aromatic carbocycles. The average Bonchev–Trinajstić information content (AvgIpc) is 2.73. The lowest BCUT2D eigenvalue weighted by molar-refractivity contribution is 0.0910. The van der Waals surface area contributed by atoms with E-state index in [2.05, 4.69) is 15.4 Å². The lowest BCUT2D eigenvalue weighted by atomic mass is 10.0. The number of hydrogen-bond donors (Lipinski definition) is 3. The zero-order valence-corrected chi connectivity index (χ0v) is 18.5. The average molecular weight is 434 g/mol. The van der Waals surface area contributed by atoms with Gasteiger partial charge in [0.2, 0.25) is 10.0 Å². The summed E-state index contributed by atoms with van der Waals surface area (Å²) in [6.45, 7) is 5.87.